The van der Waals surface area contributed by atoms with E-state index in [4.69, 9.17) is 4.74 Å². The molecule has 1 saturated heterocycles. The van der Waals surface area contributed by atoms with Crippen LogP contribution in [-0.4, -0.2) is 12.6 Å². The first-order valence-corrected chi connectivity index (χ1v) is 8.14. The zero-order chi connectivity index (χ0) is 17.0. The molecule has 0 aliphatic carbocycles. The molecule has 2 aromatic rings. The fourth-order valence-electron chi connectivity index (χ4n) is 3.05. The summed E-state index contributed by atoms with van der Waals surface area (Å²) in [5, 5.41) is 3.42. The maximum atomic E-state index is 12.9. The molecule has 2 atom stereocenters. The summed E-state index contributed by atoms with van der Waals surface area (Å²) in [5.41, 5.74) is 0.286. The Morgan fingerprint density at radius 3 is 2.54 bits per heavy atom. The highest BCUT2D eigenvalue weighted by Crippen LogP contribution is 2.34. The van der Waals surface area contributed by atoms with E-state index in [-0.39, 0.29) is 11.9 Å². The molecular weight excluding hydrogens is 315 g/mol. The second kappa shape index (κ2) is 7.26. The van der Waals surface area contributed by atoms with Crippen LogP contribution in [0.4, 0.5) is 13.2 Å². The predicted octanol–water partition coefficient (Wildman–Crippen LogP) is 4.97. The lowest BCUT2D eigenvalue weighted by Crippen LogP contribution is -2.25. The van der Waals surface area contributed by atoms with Crippen LogP contribution >= 0.6 is 0 Å². The Hall–Kier alpha value is -2.01. The molecule has 2 aromatic carbocycles. The average molecular weight is 335 g/mol. The molecule has 1 N–H and O–H groups in total. The van der Waals surface area contributed by atoms with Crippen LogP contribution in [0.1, 0.15) is 36.5 Å². The number of hydrogen-bond acceptors (Lipinski definition) is 2. The van der Waals surface area contributed by atoms with Gasteiger partial charge in [-0.15, -0.1) is 0 Å². The van der Waals surface area contributed by atoms with Crippen LogP contribution in [-0.2, 0) is 6.18 Å². The number of nitrogens with one attached hydrogen (secondary N) is 1. The lowest BCUT2D eigenvalue weighted by molar-refractivity contribution is -0.137. The van der Waals surface area contributed by atoms with Crippen LogP contribution in [0.15, 0.2) is 54.6 Å². The molecule has 1 fully saturated rings. The van der Waals surface area contributed by atoms with Gasteiger partial charge in [0.05, 0.1) is 5.56 Å². The smallest absolute Gasteiger partial charge is 0.416 e. The van der Waals surface area contributed by atoms with Gasteiger partial charge in [0, 0.05) is 12.5 Å². The lowest BCUT2D eigenvalue weighted by Gasteiger charge is -2.23. The maximum absolute atomic E-state index is 12.9. The summed E-state index contributed by atoms with van der Waals surface area (Å²) in [7, 11) is 0. The quantitative estimate of drug-likeness (QED) is 0.833. The van der Waals surface area contributed by atoms with Gasteiger partial charge in [-0.2, -0.15) is 13.2 Å². The summed E-state index contributed by atoms with van der Waals surface area (Å²) in [6.45, 7) is 0.982. The van der Waals surface area contributed by atoms with E-state index >= 15 is 0 Å². The van der Waals surface area contributed by atoms with Crippen molar-refractivity contribution in [3.8, 4) is 5.75 Å². The highest BCUT2D eigenvalue weighted by atomic mass is 19.4. The molecule has 1 heterocycles. The van der Waals surface area contributed by atoms with Crippen LogP contribution in [0, 0.1) is 0 Å². The molecular formula is C19H20F3NO. The third kappa shape index (κ3) is 4.29. The molecule has 2 nitrogen and oxygen atoms in total. The molecule has 24 heavy (non-hydrogen) atoms. The van der Waals surface area contributed by atoms with Gasteiger partial charge < -0.3 is 10.1 Å². The van der Waals surface area contributed by atoms with Crippen molar-refractivity contribution < 1.29 is 17.9 Å². The second-order valence-corrected chi connectivity index (χ2v) is 6.07. The Balaban J connectivity index is 1.81. The molecule has 128 valence electrons. The van der Waals surface area contributed by atoms with Crippen LogP contribution in [0.25, 0.3) is 0 Å². The molecule has 0 radical (unpaired) electrons. The van der Waals surface area contributed by atoms with Crippen LogP contribution < -0.4 is 10.1 Å². The minimum Gasteiger partial charge on any atom is -0.486 e. The molecule has 0 spiro atoms. The monoisotopic (exact) mass is 335 g/mol. The van der Waals surface area contributed by atoms with E-state index in [0.717, 1.165) is 43.5 Å². The van der Waals surface area contributed by atoms with Gasteiger partial charge in [0.25, 0.3) is 0 Å². The van der Waals surface area contributed by atoms with Gasteiger partial charge in [-0.3, -0.25) is 0 Å². The summed E-state index contributed by atoms with van der Waals surface area (Å²) in [5.74, 6) is 0.247. The Morgan fingerprint density at radius 1 is 1.08 bits per heavy atom. The van der Waals surface area contributed by atoms with Gasteiger partial charge in [0.15, 0.2) is 0 Å². The van der Waals surface area contributed by atoms with E-state index in [2.05, 4.69) is 5.32 Å². The first-order chi connectivity index (χ1) is 11.5. The van der Waals surface area contributed by atoms with Crippen molar-refractivity contribution >= 4 is 0 Å². The largest absolute Gasteiger partial charge is 0.486 e. The SMILES string of the molecule is FC(F)(F)c1cccc(OC(CC2CCCN2)c2ccccc2)c1. The van der Waals surface area contributed by atoms with Crippen LogP contribution in [0.2, 0.25) is 0 Å². The lowest BCUT2D eigenvalue weighted by atomic mass is 10.0. The standard InChI is InChI=1S/C19H20F3NO/c20-19(21,22)15-8-4-10-17(12-15)24-18(13-16-9-5-11-23-16)14-6-2-1-3-7-14/h1-4,6-8,10,12,16,18,23H,5,9,11,13H2. The average Bonchev–Trinajstić information content (AvgIpc) is 3.08. The number of alkyl halides is 3. The summed E-state index contributed by atoms with van der Waals surface area (Å²) < 4.78 is 44.6. The van der Waals surface area contributed by atoms with Gasteiger partial charge in [0.2, 0.25) is 0 Å². The Bertz CT molecular complexity index is 651. The number of halogens is 3. The molecule has 0 bridgehead atoms. The van der Waals surface area contributed by atoms with Gasteiger partial charge in [0.1, 0.15) is 11.9 Å². The van der Waals surface area contributed by atoms with Crippen molar-refractivity contribution in [1.82, 2.24) is 5.32 Å². The number of rotatable bonds is 5. The molecule has 2 unspecified atom stereocenters. The third-order valence-corrected chi connectivity index (χ3v) is 4.27. The van der Waals surface area contributed by atoms with Crippen molar-refractivity contribution in [2.24, 2.45) is 0 Å². The summed E-state index contributed by atoms with van der Waals surface area (Å²) >= 11 is 0. The van der Waals surface area contributed by atoms with Crippen molar-refractivity contribution in [2.75, 3.05) is 6.54 Å². The number of hydrogen-bond donors (Lipinski definition) is 1. The van der Waals surface area contributed by atoms with Crippen molar-refractivity contribution in [1.29, 1.82) is 0 Å². The van der Waals surface area contributed by atoms with Gasteiger partial charge in [-0.1, -0.05) is 36.4 Å². The maximum Gasteiger partial charge on any atom is 0.416 e. The van der Waals surface area contributed by atoms with Crippen molar-refractivity contribution in [3.05, 3.63) is 65.7 Å². The molecule has 0 saturated carbocycles. The topological polar surface area (TPSA) is 21.3 Å². The summed E-state index contributed by atoms with van der Waals surface area (Å²) in [6, 6.07) is 15.1. The first kappa shape index (κ1) is 16.8. The van der Waals surface area contributed by atoms with Gasteiger partial charge in [-0.05, 0) is 43.1 Å². The summed E-state index contributed by atoms with van der Waals surface area (Å²) in [6.07, 6.45) is -1.72. The molecule has 3 rings (SSSR count). The summed E-state index contributed by atoms with van der Waals surface area (Å²) in [4.78, 5) is 0. The molecule has 1 aliphatic heterocycles. The zero-order valence-corrected chi connectivity index (χ0v) is 13.2. The Kier molecular flexibility index (Phi) is 5.09. The third-order valence-electron chi connectivity index (χ3n) is 4.27. The minimum absolute atomic E-state index is 0.247. The van der Waals surface area contributed by atoms with Crippen LogP contribution in [0.5, 0.6) is 5.75 Å². The molecule has 0 aromatic heterocycles. The number of benzene rings is 2. The zero-order valence-electron chi connectivity index (χ0n) is 13.2. The van der Waals surface area contributed by atoms with E-state index < -0.39 is 11.7 Å². The second-order valence-electron chi connectivity index (χ2n) is 6.07. The molecule has 1 aliphatic rings. The number of ether oxygens (including phenoxy) is 1. The molecule has 5 heteroatoms. The van der Waals surface area contributed by atoms with E-state index in [1.165, 1.54) is 6.07 Å². The van der Waals surface area contributed by atoms with Gasteiger partial charge >= 0.3 is 6.18 Å². The fraction of sp³-hybridized carbons (Fsp3) is 0.368. The minimum atomic E-state index is -4.37. The highest BCUT2D eigenvalue weighted by molar-refractivity contribution is 5.31. The van der Waals surface area contributed by atoms with Crippen molar-refractivity contribution in [3.63, 3.8) is 0 Å². The van der Waals surface area contributed by atoms with Crippen LogP contribution in [0.3, 0.4) is 0 Å². The normalized spacial score (nSPS) is 19.2. The molecule has 0 amide bonds. The van der Waals surface area contributed by atoms with E-state index in [9.17, 15) is 13.2 Å². The predicted molar refractivity (Wildman–Crippen MR) is 86.9 cm³/mol. The van der Waals surface area contributed by atoms with Gasteiger partial charge in [-0.25, -0.2) is 0 Å². The Labute approximate surface area is 139 Å². The Morgan fingerprint density at radius 2 is 1.88 bits per heavy atom. The fourth-order valence-corrected chi connectivity index (χ4v) is 3.05. The van der Waals surface area contributed by atoms with E-state index in [1.54, 1.807) is 6.07 Å². The highest BCUT2D eigenvalue weighted by Gasteiger charge is 2.31. The van der Waals surface area contributed by atoms with E-state index in [0.29, 0.717) is 6.04 Å². The van der Waals surface area contributed by atoms with Crippen molar-refractivity contribution in [2.45, 2.75) is 37.6 Å². The van der Waals surface area contributed by atoms with E-state index in [1.807, 2.05) is 30.3 Å². The first-order valence-electron chi connectivity index (χ1n) is 8.14.